The Morgan fingerprint density at radius 2 is 1.88 bits per heavy atom. The van der Waals surface area contributed by atoms with E-state index in [4.69, 9.17) is 0 Å². The van der Waals surface area contributed by atoms with Crippen molar-refractivity contribution >= 4 is 11.8 Å². The summed E-state index contributed by atoms with van der Waals surface area (Å²) in [4.78, 5) is 25.5. The third-order valence-electron chi connectivity index (χ3n) is 4.32. The summed E-state index contributed by atoms with van der Waals surface area (Å²) in [6.07, 6.45) is 1.80. The molecule has 1 aromatic carbocycles. The Hall–Kier alpha value is -2.09. The number of hydrogen-bond acceptors (Lipinski definition) is 3. The van der Waals surface area contributed by atoms with Crippen LogP contribution in [-0.2, 0) is 16.1 Å². The van der Waals surface area contributed by atoms with E-state index in [1.165, 1.54) is 11.9 Å². The molecule has 0 bridgehead atoms. The van der Waals surface area contributed by atoms with Gasteiger partial charge in [0.25, 0.3) is 0 Å². The number of halogens is 3. The Morgan fingerprint density at radius 3 is 2.46 bits per heavy atom. The molecule has 2 aliphatic rings. The summed E-state index contributed by atoms with van der Waals surface area (Å²) in [7, 11) is 1.47. The zero-order chi connectivity index (χ0) is 17.4. The molecule has 2 unspecified atom stereocenters. The molecule has 130 valence electrons. The molecule has 1 aliphatic carbocycles. The highest BCUT2D eigenvalue weighted by Gasteiger charge is 2.39. The highest BCUT2D eigenvalue weighted by Crippen LogP contribution is 2.32. The Morgan fingerprint density at radius 1 is 1.25 bits per heavy atom. The number of rotatable bonds is 4. The SMILES string of the molecule is CN(Cc1cc(F)c(F)c(F)c1)C(=O)C1CC(=O)NC(C2CC2)N1. The van der Waals surface area contributed by atoms with Crippen molar-refractivity contribution < 1.29 is 22.8 Å². The first-order valence-electron chi connectivity index (χ1n) is 7.79. The Bertz CT molecular complexity index is 656. The highest BCUT2D eigenvalue weighted by molar-refractivity contribution is 5.89. The molecule has 1 aromatic rings. The fourth-order valence-electron chi connectivity index (χ4n) is 2.89. The normalized spacial score (nSPS) is 23.8. The standard InChI is InChI=1S/C16H18F3N3O2/c1-22(7-8-4-10(17)14(19)11(18)5-8)16(24)12-6-13(23)21-15(20-12)9-2-3-9/h4-5,9,12,15,20H,2-3,6-7H2,1H3,(H,21,23). The zero-order valence-electron chi connectivity index (χ0n) is 13.1. The molecule has 3 rings (SSSR count). The molecular formula is C16H18F3N3O2. The monoisotopic (exact) mass is 341 g/mol. The van der Waals surface area contributed by atoms with Gasteiger partial charge in [0.05, 0.1) is 18.6 Å². The second kappa shape index (κ2) is 6.43. The number of carbonyl (C=O) groups excluding carboxylic acids is 2. The minimum atomic E-state index is -1.54. The van der Waals surface area contributed by atoms with Gasteiger partial charge in [-0.2, -0.15) is 0 Å². The molecule has 2 N–H and O–H groups in total. The summed E-state index contributed by atoms with van der Waals surface area (Å²) >= 11 is 0. The van der Waals surface area contributed by atoms with Gasteiger partial charge >= 0.3 is 0 Å². The van der Waals surface area contributed by atoms with Crippen molar-refractivity contribution in [2.75, 3.05) is 7.05 Å². The number of hydrogen-bond donors (Lipinski definition) is 2. The van der Waals surface area contributed by atoms with Crippen LogP contribution in [0.25, 0.3) is 0 Å². The summed E-state index contributed by atoms with van der Waals surface area (Å²) in [5.74, 6) is -4.33. The van der Waals surface area contributed by atoms with Crippen LogP contribution in [0.1, 0.15) is 24.8 Å². The second-order valence-corrected chi connectivity index (χ2v) is 6.37. The Labute approximate surface area is 137 Å². The van der Waals surface area contributed by atoms with Gasteiger partial charge in [0.1, 0.15) is 0 Å². The van der Waals surface area contributed by atoms with E-state index < -0.39 is 23.5 Å². The van der Waals surface area contributed by atoms with Crippen molar-refractivity contribution in [2.45, 2.75) is 38.0 Å². The van der Waals surface area contributed by atoms with Gasteiger partial charge in [0, 0.05) is 13.6 Å². The van der Waals surface area contributed by atoms with Crippen molar-refractivity contribution in [2.24, 2.45) is 5.92 Å². The van der Waals surface area contributed by atoms with Crippen LogP contribution in [0.4, 0.5) is 13.2 Å². The van der Waals surface area contributed by atoms with E-state index in [1.807, 2.05) is 0 Å². The maximum absolute atomic E-state index is 13.3. The van der Waals surface area contributed by atoms with Crippen LogP contribution >= 0.6 is 0 Å². The zero-order valence-corrected chi connectivity index (χ0v) is 13.1. The number of carbonyl (C=O) groups is 2. The predicted molar refractivity (Wildman–Crippen MR) is 79.0 cm³/mol. The fraction of sp³-hybridized carbons (Fsp3) is 0.500. The van der Waals surface area contributed by atoms with Crippen molar-refractivity contribution in [3.8, 4) is 0 Å². The molecule has 24 heavy (non-hydrogen) atoms. The smallest absolute Gasteiger partial charge is 0.240 e. The summed E-state index contributed by atoms with van der Waals surface area (Å²) < 4.78 is 39.5. The molecule has 1 heterocycles. The average Bonchev–Trinajstić information content (AvgIpc) is 3.36. The van der Waals surface area contributed by atoms with Gasteiger partial charge < -0.3 is 10.2 Å². The van der Waals surface area contributed by atoms with Gasteiger partial charge in [-0.1, -0.05) is 0 Å². The quantitative estimate of drug-likeness (QED) is 0.811. The van der Waals surface area contributed by atoms with Crippen LogP contribution in [0.2, 0.25) is 0 Å². The topological polar surface area (TPSA) is 61.4 Å². The lowest BCUT2D eigenvalue weighted by Crippen LogP contribution is -2.61. The number of nitrogens with one attached hydrogen (secondary N) is 2. The summed E-state index contributed by atoms with van der Waals surface area (Å²) in [5, 5.41) is 5.92. The Balaban J connectivity index is 1.66. The van der Waals surface area contributed by atoms with E-state index in [-0.39, 0.29) is 36.5 Å². The lowest BCUT2D eigenvalue weighted by atomic mass is 10.1. The van der Waals surface area contributed by atoms with Crippen molar-refractivity contribution in [3.63, 3.8) is 0 Å². The van der Waals surface area contributed by atoms with Gasteiger partial charge in [0.15, 0.2) is 17.5 Å². The van der Waals surface area contributed by atoms with Gasteiger partial charge in [-0.3, -0.25) is 14.9 Å². The van der Waals surface area contributed by atoms with Gasteiger partial charge in [-0.15, -0.1) is 0 Å². The van der Waals surface area contributed by atoms with Crippen LogP contribution in [-0.4, -0.2) is 36.0 Å². The minimum absolute atomic E-state index is 0.0124. The predicted octanol–water partition coefficient (Wildman–Crippen LogP) is 1.28. The molecule has 1 saturated carbocycles. The van der Waals surface area contributed by atoms with E-state index >= 15 is 0 Å². The second-order valence-electron chi connectivity index (χ2n) is 6.37. The van der Waals surface area contributed by atoms with Crippen LogP contribution < -0.4 is 10.6 Å². The lowest BCUT2D eigenvalue weighted by molar-refractivity contribution is -0.138. The number of benzene rings is 1. The van der Waals surface area contributed by atoms with E-state index in [2.05, 4.69) is 10.6 Å². The van der Waals surface area contributed by atoms with Gasteiger partial charge in [-0.25, -0.2) is 13.2 Å². The van der Waals surface area contributed by atoms with E-state index in [0.29, 0.717) is 5.92 Å². The number of amides is 2. The van der Waals surface area contributed by atoms with Crippen molar-refractivity contribution in [1.29, 1.82) is 0 Å². The Kier molecular flexibility index (Phi) is 4.49. The molecule has 0 aromatic heterocycles. The molecule has 0 spiro atoms. The van der Waals surface area contributed by atoms with Gasteiger partial charge in [-0.05, 0) is 36.5 Å². The number of nitrogens with zero attached hydrogens (tertiary/aromatic N) is 1. The average molecular weight is 341 g/mol. The highest BCUT2D eigenvalue weighted by atomic mass is 19.2. The maximum Gasteiger partial charge on any atom is 0.240 e. The minimum Gasteiger partial charge on any atom is -0.340 e. The molecule has 8 heteroatoms. The molecule has 5 nitrogen and oxygen atoms in total. The fourth-order valence-corrected chi connectivity index (χ4v) is 2.89. The molecule has 1 saturated heterocycles. The third kappa shape index (κ3) is 3.53. The van der Waals surface area contributed by atoms with Crippen LogP contribution in [0.15, 0.2) is 12.1 Å². The van der Waals surface area contributed by atoms with Crippen molar-refractivity contribution in [1.82, 2.24) is 15.5 Å². The van der Waals surface area contributed by atoms with Crippen LogP contribution in [0.5, 0.6) is 0 Å². The molecule has 2 atom stereocenters. The van der Waals surface area contributed by atoms with Gasteiger partial charge in [0.2, 0.25) is 11.8 Å². The van der Waals surface area contributed by atoms with Crippen LogP contribution in [0, 0.1) is 23.4 Å². The van der Waals surface area contributed by atoms with Crippen LogP contribution in [0.3, 0.4) is 0 Å². The summed E-state index contributed by atoms with van der Waals surface area (Å²) in [6.45, 7) is -0.0825. The van der Waals surface area contributed by atoms with Crippen molar-refractivity contribution in [3.05, 3.63) is 35.1 Å². The van der Waals surface area contributed by atoms with E-state index in [9.17, 15) is 22.8 Å². The molecule has 1 aliphatic heterocycles. The summed E-state index contributed by atoms with van der Waals surface area (Å²) in [5.41, 5.74) is 0.140. The number of likely N-dealkylation sites (N-methyl/N-ethyl adjacent to an activating group) is 1. The first-order chi connectivity index (χ1) is 11.3. The maximum atomic E-state index is 13.3. The molecule has 0 radical (unpaired) electrons. The third-order valence-corrected chi connectivity index (χ3v) is 4.32. The molecule has 2 fully saturated rings. The molecular weight excluding hydrogens is 323 g/mol. The lowest BCUT2D eigenvalue weighted by Gasteiger charge is -2.33. The largest absolute Gasteiger partial charge is 0.340 e. The molecule has 2 amide bonds. The summed E-state index contributed by atoms with van der Waals surface area (Å²) in [6, 6.07) is 1.04. The van der Waals surface area contributed by atoms with E-state index in [1.54, 1.807) is 0 Å². The van der Waals surface area contributed by atoms with E-state index in [0.717, 1.165) is 25.0 Å². The first kappa shape index (κ1) is 16.8. The first-order valence-corrected chi connectivity index (χ1v) is 7.79.